The molecule has 1 unspecified atom stereocenters. The van der Waals surface area contributed by atoms with Gasteiger partial charge in [0, 0.05) is 23.7 Å². The molecule has 0 aromatic heterocycles. The summed E-state index contributed by atoms with van der Waals surface area (Å²) in [6.45, 7) is 5.54. The maximum Gasteiger partial charge on any atom is 0.307 e. The maximum absolute atomic E-state index is 11.3. The molecular weight excluding hydrogens is 350 g/mol. The van der Waals surface area contributed by atoms with Crippen molar-refractivity contribution in [3.8, 4) is 5.75 Å². The Kier molecular flexibility index (Phi) is 7.95. The van der Waals surface area contributed by atoms with Gasteiger partial charge in [0.2, 0.25) is 0 Å². The Balaban J connectivity index is 1.86. The molecule has 0 saturated heterocycles. The first-order valence-electron chi connectivity index (χ1n) is 8.84. The molecule has 0 bridgehead atoms. The van der Waals surface area contributed by atoms with E-state index in [9.17, 15) is 9.90 Å². The molecule has 0 saturated carbocycles. The topological polar surface area (TPSA) is 58.6 Å². The summed E-state index contributed by atoms with van der Waals surface area (Å²) in [7, 11) is 0. The highest BCUT2D eigenvalue weighted by molar-refractivity contribution is 6.31. The fourth-order valence-electron chi connectivity index (χ4n) is 2.75. The number of rotatable bonds is 10. The van der Waals surface area contributed by atoms with Gasteiger partial charge in [0.1, 0.15) is 12.4 Å². The van der Waals surface area contributed by atoms with Crippen molar-refractivity contribution in [2.24, 2.45) is 11.8 Å². The van der Waals surface area contributed by atoms with Crippen molar-refractivity contribution in [1.82, 2.24) is 5.32 Å². The molecule has 26 heavy (non-hydrogen) atoms. The van der Waals surface area contributed by atoms with Gasteiger partial charge in [-0.3, -0.25) is 4.79 Å². The molecular formula is C21H26ClNO3. The van der Waals surface area contributed by atoms with E-state index >= 15 is 0 Å². The SMILES string of the molecule is CC(C)CC(CNCc1cccc(OCc2ccccc2Cl)c1)C(=O)O. The van der Waals surface area contributed by atoms with Crippen molar-refractivity contribution < 1.29 is 14.6 Å². The van der Waals surface area contributed by atoms with E-state index in [1.165, 1.54) is 0 Å². The van der Waals surface area contributed by atoms with Crippen molar-refractivity contribution in [3.63, 3.8) is 0 Å². The standard InChI is InChI=1S/C21H26ClNO3/c1-15(2)10-18(21(24)25)13-23-12-16-6-5-8-19(11-16)26-14-17-7-3-4-9-20(17)22/h3-9,11,15,18,23H,10,12-14H2,1-2H3,(H,24,25). The number of nitrogens with one attached hydrogen (secondary N) is 1. The number of hydrogen-bond acceptors (Lipinski definition) is 3. The highest BCUT2D eigenvalue weighted by Crippen LogP contribution is 2.19. The van der Waals surface area contributed by atoms with Crippen LogP contribution in [0.15, 0.2) is 48.5 Å². The van der Waals surface area contributed by atoms with Crippen LogP contribution in [0.1, 0.15) is 31.4 Å². The van der Waals surface area contributed by atoms with Gasteiger partial charge >= 0.3 is 5.97 Å². The predicted octanol–water partition coefficient (Wildman–Crippen LogP) is 4.76. The molecule has 4 nitrogen and oxygen atoms in total. The lowest BCUT2D eigenvalue weighted by Crippen LogP contribution is -2.29. The third-order valence-corrected chi connectivity index (χ3v) is 4.44. The number of halogens is 1. The number of carboxylic acid groups (broad SMARTS) is 1. The van der Waals surface area contributed by atoms with Crippen LogP contribution in [0.25, 0.3) is 0 Å². The molecule has 0 aliphatic carbocycles. The van der Waals surface area contributed by atoms with Gasteiger partial charge in [0.25, 0.3) is 0 Å². The summed E-state index contributed by atoms with van der Waals surface area (Å²) in [6.07, 6.45) is 0.670. The van der Waals surface area contributed by atoms with Crippen LogP contribution >= 0.6 is 11.6 Å². The molecule has 2 rings (SSSR count). The van der Waals surface area contributed by atoms with Gasteiger partial charge in [-0.25, -0.2) is 0 Å². The molecule has 0 aliphatic heterocycles. The Hall–Kier alpha value is -2.04. The second-order valence-corrected chi connectivity index (χ2v) is 7.23. The molecule has 0 fully saturated rings. The van der Waals surface area contributed by atoms with Crippen molar-refractivity contribution in [3.05, 3.63) is 64.7 Å². The van der Waals surface area contributed by atoms with E-state index in [0.29, 0.717) is 37.1 Å². The number of hydrogen-bond donors (Lipinski definition) is 2. The molecule has 2 aromatic carbocycles. The van der Waals surface area contributed by atoms with Crippen LogP contribution in [-0.4, -0.2) is 17.6 Å². The second kappa shape index (κ2) is 10.2. The summed E-state index contributed by atoms with van der Waals surface area (Å²) in [5, 5.41) is 13.2. The Morgan fingerprint density at radius 2 is 1.96 bits per heavy atom. The first kappa shape index (κ1) is 20.3. The van der Waals surface area contributed by atoms with Crippen LogP contribution < -0.4 is 10.1 Å². The monoisotopic (exact) mass is 375 g/mol. The van der Waals surface area contributed by atoms with Gasteiger partial charge in [-0.15, -0.1) is 0 Å². The largest absolute Gasteiger partial charge is 0.489 e. The Morgan fingerprint density at radius 1 is 1.19 bits per heavy atom. The number of aliphatic carboxylic acids is 1. The number of ether oxygens (including phenoxy) is 1. The average Bonchev–Trinajstić information content (AvgIpc) is 2.60. The fraction of sp³-hybridized carbons (Fsp3) is 0.381. The first-order chi connectivity index (χ1) is 12.5. The summed E-state index contributed by atoms with van der Waals surface area (Å²) >= 11 is 6.14. The zero-order valence-electron chi connectivity index (χ0n) is 15.2. The van der Waals surface area contributed by atoms with Crippen molar-refractivity contribution in [2.75, 3.05) is 6.54 Å². The highest BCUT2D eigenvalue weighted by atomic mass is 35.5. The van der Waals surface area contributed by atoms with E-state index in [4.69, 9.17) is 16.3 Å². The van der Waals surface area contributed by atoms with Crippen LogP contribution in [-0.2, 0) is 17.9 Å². The van der Waals surface area contributed by atoms with Crippen molar-refractivity contribution in [1.29, 1.82) is 0 Å². The molecule has 0 spiro atoms. The van der Waals surface area contributed by atoms with E-state index in [0.717, 1.165) is 16.9 Å². The molecule has 1 atom stereocenters. The van der Waals surface area contributed by atoms with Gasteiger partial charge in [-0.05, 0) is 36.1 Å². The van der Waals surface area contributed by atoms with Crippen molar-refractivity contribution >= 4 is 17.6 Å². The van der Waals surface area contributed by atoms with E-state index in [-0.39, 0.29) is 5.92 Å². The minimum absolute atomic E-state index is 0.361. The van der Waals surface area contributed by atoms with E-state index < -0.39 is 5.97 Å². The van der Waals surface area contributed by atoms with Crippen LogP contribution in [0.5, 0.6) is 5.75 Å². The minimum atomic E-state index is -0.747. The summed E-state index contributed by atoms with van der Waals surface area (Å²) in [5.74, 6) is 0.0123. The third-order valence-electron chi connectivity index (χ3n) is 4.08. The summed E-state index contributed by atoms with van der Waals surface area (Å²) < 4.78 is 5.83. The smallest absolute Gasteiger partial charge is 0.307 e. The fourth-order valence-corrected chi connectivity index (χ4v) is 2.94. The van der Waals surface area contributed by atoms with Gasteiger partial charge in [-0.2, -0.15) is 0 Å². The zero-order valence-corrected chi connectivity index (χ0v) is 16.0. The summed E-state index contributed by atoms with van der Waals surface area (Å²) in [6, 6.07) is 15.4. The Bertz CT molecular complexity index is 718. The van der Waals surface area contributed by atoms with Crippen LogP contribution in [0.2, 0.25) is 5.02 Å². The molecule has 0 aliphatic rings. The quantitative estimate of drug-likeness (QED) is 0.628. The maximum atomic E-state index is 11.3. The lowest BCUT2D eigenvalue weighted by molar-refractivity contribution is -0.142. The zero-order chi connectivity index (χ0) is 18.9. The Labute approximate surface area is 160 Å². The second-order valence-electron chi connectivity index (χ2n) is 6.82. The summed E-state index contributed by atoms with van der Waals surface area (Å²) in [5.41, 5.74) is 1.99. The van der Waals surface area contributed by atoms with Gasteiger partial charge in [-0.1, -0.05) is 55.8 Å². The molecule has 2 aromatic rings. The van der Waals surface area contributed by atoms with E-state index in [1.807, 2.05) is 62.4 Å². The van der Waals surface area contributed by atoms with Crippen LogP contribution in [0.3, 0.4) is 0 Å². The molecule has 140 valence electrons. The first-order valence-corrected chi connectivity index (χ1v) is 9.22. The van der Waals surface area contributed by atoms with Crippen molar-refractivity contribution in [2.45, 2.75) is 33.4 Å². The van der Waals surface area contributed by atoms with Crippen LogP contribution in [0, 0.1) is 11.8 Å². The summed E-state index contributed by atoms with van der Waals surface area (Å²) in [4.78, 5) is 11.3. The Morgan fingerprint density at radius 3 is 2.65 bits per heavy atom. The normalized spacial score (nSPS) is 12.2. The average molecular weight is 376 g/mol. The van der Waals surface area contributed by atoms with Gasteiger partial charge in [0.05, 0.1) is 5.92 Å². The number of carbonyl (C=O) groups is 1. The molecule has 0 radical (unpaired) electrons. The molecule has 5 heteroatoms. The number of benzene rings is 2. The van der Waals surface area contributed by atoms with Gasteiger partial charge < -0.3 is 15.2 Å². The van der Waals surface area contributed by atoms with E-state index in [2.05, 4.69) is 5.32 Å². The number of carboxylic acids is 1. The molecule has 0 heterocycles. The molecule has 0 amide bonds. The van der Waals surface area contributed by atoms with Gasteiger partial charge in [0.15, 0.2) is 0 Å². The van der Waals surface area contributed by atoms with E-state index in [1.54, 1.807) is 0 Å². The van der Waals surface area contributed by atoms with Crippen LogP contribution in [0.4, 0.5) is 0 Å². The lowest BCUT2D eigenvalue weighted by Gasteiger charge is -2.15. The predicted molar refractivity (Wildman–Crippen MR) is 105 cm³/mol. The lowest BCUT2D eigenvalue weighted by atomic mass is 9.97. The molecule has 2 N–H and O–H groups in total. The highest BCUT2D eigenvalue weighted by Gasteiger charge is 2.18. The minimum Gasteiger partial charge on any atom is -0.489 e. The third kappa shape index (κ3) is 6.70.